The number of anilines is 2. The summed E-state index contributed by atoms with van der Waals surface area (Å²) in [5.74, 6) is 0.462. The topological polar surface area (TPSA) is 58.6 Å². The van der Waals surface area contributed by atoms with Crippen LogP contribution in [0.25, 0.3) is 0 Å². The highest BCUT2D eigenvalue weighted by atomic mass is 16.5. The van der Waals surface area contributed by atoms with Crippen molar-refractivity contribution >= 4 is 23.2 Å². The number of fused-ring (bicyclic) bond motifs is 1. The zero-order valence-electron chi connectivity index (χ0n) is 12.3. The largest absolute Gasteiger partial charge is 0.479 e. The summed E-state index contributed by atoms with van der Waals surface area (Å²) in [6.45, 7) is 7.89. The zero-order valence-corrected chi connectivity index (χ0v) is 12.3. The Bertz CT molecular complexity index is 540. The second kappa shape index (κ2) is 5.53. The normalized spacial score (nSPS) is 17.8. The average Bonchev–Trinajstić information content (AvgIpc) is 2.40. The van der Waals surface area contributed by atoms with Crippen molar-refractivity contribution in [3.8, 4) is 5.75 Å². The van der Waals surface area contributed by atoms with E-state index in [1.54, 1.807) is 30.0 Å². The molecule has 20 heavy (non-hydrogen) atoms. The zero-order chi connectivity index (χ0) is 14.9. The molecule has 1 atom stereocenters. The highest BCUT2D eigenvalue weighted by Crippen LogP contribution is 2.36. The number of nitrogens with one attached hydrogen (secondary N) is 1. The molecule has 0 fully saturated rings. The van der Waals surface area contributed by atoms with Crippen LogP contribution in [0, 0.1) is 5.92 Å². The summed E-state index contributed by atoms with van der Waals surface area (Å²) in [4.78, 5) is 25.5. The Morgan fingerprint density at radius 2 is 2.15 bits per heavy atom. The van der Waals surface area contributed by atoms with E-state index in [2.05, 4.69) is 5.32 Å². The van der Waals surface area contributed by atoms with E-state index in [9.17, 15) is 9.59 Å². The van der Waals surface area contributed by atoms with E-state index in [1.165, 1.54) is 0 Å². The third-order valence-corrected chi connectivity index (χ3v) is 3.28. The molecular formula is C15H20N2O3. The smallest absolute Gasteiger partial charge is 0.267 e. The molecule has 1 aliphatic rings. The molecule has 2 amide bonds. The van der Waals surface area contributed by atoms with Crippen LogP contribution < -0.4 is 15.0 Å². The SMILES string of the molecule is CCN1C(=O)C(C)Oc2ccc(NC(=O)C(C)C)cc21. The minimum Gasteiger partial charge on any atom is -0.479 e. The number of carbonyl (C=O) groups is 2. The van der Waals surface area contributed by atoms with E-state index < -0.39 is 6.10 Å². The molecule has 0 spiro atoms. The molecule has 1 unspecified atom stereocenters. The first kappa shape index (κ1) is 14.4. The van der Waals surface area contributed by atoms with Crippen molar-refractivity contribution in [2.24, 2.45) is 5.92 Å². The number of carbonyl (C=O) groups excluding carboxylic acids is 2. The summed E-state index contributed by atoms with van der Waals surface area (Å²) >= 11 is 0. The second-order valence-electron chi connectivity index (χ2n) is 5.17. The van der Waals surface area contributed by atoms with E-state index in [4.69, 9.17) is 4.74 Å². The Labute approximate surface area is 118 Å². The molecule has 2 rings (SSSR count). The van der Waals surface area contributed by atoms with Gasteiger partial charge in [-0.1, -0.05) is 13.8 Å². The molecular weight excluding hydrogens is 256 g/mol. The quantitative estimate of drug-likeness (QED) is 0.922. The molecule has 0 bridgehead atoms. The van der Waals surface area contributed by atoms with Crippen LogP contribution in [0.5, 0.6) is 5.75 Å². The van der Waals surface area contributed by atoms with E-state index >= 15 is 0 Å². The van der Waals surface area contributed by atoms with Gasteiger partial charge in [0, 0.05) is 18.2 Å². The number of amides is 2. The summed E-state index contributed by atoms with van der Waals surface area (Å²) in [5, 5.41) is 2.83. The van der Waals surface area contributed by atoms with Gasteiger partial charge in [-0.15, -0.1) is 0 Å². The van der Waals surface area contributed by atoms with Crippen molar-refractivity contribution in [2.45, 2.75) is 33.8 Å². The van der Waals surface area contributed by atoms with Crippen LogP contribution in [0.4, 0.5) is 11.4 Å². The van der Waals surface area contributed by atoms with Gasteiger partial charge in [0.2, 0.25) is 5.91 Å². The minimum atomic E-state index is -0.474. The van der Waals surface area contributed by atoms with Gasteiger partial charge in [-0.2, -0.15) is 0 Å². The monoisotopic (exact) mass is 276 g/mol. The van der Waals surface area contributed by atoms with Gasteiger partial charge in [-0.3, -0.25) is 9.59 Å². The van der Waals surface area contributed by atoms with Gasteiger partial charge in [0.25, 0.3) is 5.91 Å². The van der Waals surface area contributed by atoms with Gasteiger partial charge < -0.3 is 15.0 Å². The molecule has 5 nitrogen and oxygen atoms in total. The Kier molecular flexibility index (Phi) is 3.97. The number of nitrogens with zero attached hydrogens (tertiary/aromatic N) is 1. The molecule has 5 heteroatoms. The first-order valence-corrected chi connectivity index (χ1v) is 6.87. The molecule has 0 saturated heterocycles. The van der Waals surface area contributed by atoms with Crippen LogP contribution in [0.3, 0.4) is 0 Å². The maximum Gasteiger partial charge on any atom is 0.267 e. The van der Waals surface area contributed by atoms with Crippen molar-refractivity contribution < 1.29 is 14.3 Å². The van der Waals surface area contributed by atoms with Gasteiger partial charge in [-0.05, 0) is 32.0 Å². The molecule has 1 N–H and O–H groups in total. The molecule has 0 aromatic heterocycles. The molecule has 0 radical (unpaired) electrons. The van der Waals surface area contributed by atoms with Gasteiger partial charge in [0.05, 0.1) is 5.69 Å². The van der Waals surface area contributed by atoms with Crippen molar-refractivity contribution in [2.75, 3.05) is 16.8 Å². The van der Waals surface area contributed by atoms with E-state index in [0.29, 0.717) is 23.7 Å². The van der Waals surface area contributed by atoms with Gasteiger partial charge >= 0.3 is 0 Å². The van der Waals surface area contributed by atoms with Crippen LogP contribution in [-0.2, 0) is 9.59 Å². The lowest BCUT2D eigenvalue weighted by atomic mass is 10.1. The fraction of sp³-hybridized carbons (Fsp3) is 0.467. The minimum absolute atomic E-state index is 0.0515. The number of hydrogen-bond donors (Lipinski definition) is 1. The number of benzene rings is 1. The lowest BCUT2D eigenvalue weighted by molar-refractivity contribution is -0.125. The first-order valence-electron chi connectivity index (χ1n) is 6.87. The fourth-order valence-corrected chi connectivity index (χ4v) is 2.10. The molecule has 1 aromatic rings. The number of rotatable bonds is 3. The Morgan fingerprint density at radius 1 is 1.45 bits per heavy atom. The van der Waals surface area contributed by atoms with Crippen LogP contribution in [-0.4, -0.2) is 24.5 Å². The fourth-order valence-electron chi connectivity index (χ4n) is 2.10. The third-order valence-electron chi connectivity index (χ3n) is 3.28. The predicted octanol–water partition coefficient (Wildman–Crippen LogP) is 2.41. The maximum absolute atomic E-state index is 12.1. The average molecular weight is 276 g/mol. The highest BCUT2D eigenvalue weighted by Gasteiger charge is 2.30. The summed E-state index contributed by atoms with van der Waals surface area (Å²) < 4.78 is 5.58. The number of ether oxygens (including phenoxy) is 1. The third kappa shape index (κ3) is 2.61. The standard InChI is InChI=1S/C15H20N2O3/c1-5-17-12-8-11(16-14(18)9(2)3)6-7-13(12)20-10(4)15(17)19/h6-10H,5H2,1-4H3,(H,16,18). The lowest BCUT2D eigenvalue weighted by Crippen LogP contribution is -2.44. The van der Waals surface area contributed by atoms with Gasteiger partial charge in [0.1, 0.15) is 5.75 Å². The summed E-state index contributed by atoms with van der Waals surface area (Å²) in [6.07, 6.45) is -0.474. The van der Waals surface area contributed by atoms with Crippen molar-refractivity contribution in [3.05, 3.63) is 18.2 Å². The Morgan fingerprint density at radius 3 is 2.75 bits per heavy atom. The Hall–Kier alpha value is -2.04. The number of likely N-dealkylation sites (N-methyl/N-ethyl adjacent to an activating group) is 1. The Balaban J connectivity index is 2.32. The van der Waals surface area contributed by atoms with Crippen molar-refractivity contribution in [1.82, 2.24) is 0 Å². The van der Waals surface area contributed by atoms with Crippen molar-refractivity contribution in [3.63, 3.8) is 0 Å². The first-order chi connectivity index (χ1) is 9.43. The lowest BCUT2D eigenvalue weighted by Gasteiger charge is -2.32. The van der Waals surface area contributed by atoms with Crippen LogP contribution >= 0.6 is 0 Å². The maximum atomic E-state index is 12.1. The van der Waals surface area contributed by atoms with Gasteiger partial charge in [-0.25, -0.2) is 0 Å². The summed E-state index contributed by atoms with van der Waals surface area (Å²) in [5.41, 5.74) is 1.38. The van der Waals surface area contributed by atoms with Crippen LogP contribution in [0.2, 0.25) is 0 Å². The van der Waals surface area contributed by atoms with Gasteiger partial charge in [0.15, 0.2) is 6.10 Å². The molecule has 1 aliphatic heterocycles. The molecule has 0 aliphatic carbocycles. The van der Waals surface area contributed by atoms with E-state index in [-0.39, 0.29) is 17.7 Å². The van der Waals surface area contributed by atoms with Crippen LogP contribution in [0.1, 0.15) is 27.7 Å². The molecule has 1 aromatic carbocycles. The molecule has 0 saturated carbocycles. The summed E-state index contributed by atoms with van der Waals surface area (Å²) in [7, 11) is 0. The summed E-state index contributed by atoms with van der Waals surface area (Å²) in [6, 6.07) is 5.36. The highest BCUT2D eigenvalue weighted by molar-refractivity contribution is 6.01. The predicted molar refractivity (Wildman–Crippen MR) is 78.0 cm³/mol. The van der Waals surface area contributed by atoms with E-state index in [1.807, 2.05) is 20.8 Å². The van der Waals surface area contributed by atoms with Crippen molar-refractivity contribution in [1.29, 1.82) is 0 Å². The molecule has 108 valence electrons. The molecule has 1 heterocycles. The van der Waals surface area contributed by atoms with Crippen LogP contribution in [0.15, 0.2) is 18.2 Å². The van der Waals surface area contributed by atoms with E-state index in [0.717, 1.165) is 0 Å². The number of hydrogen-bond acceptors (Lipinski definition) is 3. The second-order valence-corrected chi connectivity index (χ2v) is 5.17.